The largest absolute Gasteiger partial charge is 0.360 e. The molecule has 0 radical (unpaired) electrons. The van der Waals surface area contributed by atoms with Crippen LogP contribution in [0.2, 0.25) is 0 Å². The fourth-order valence-electron chi connectivity index (χ4n) is 2.56. The molecule has 146 valence electrons. The Labute approximate surface area is 162 Å². The number of terminal acetylenes is 1. The van der Waals surface area contributed by atoms with Gasteiger partial charge in [0.15, 0.2) is 11.5 Å². The van der Waals surface area contributed by atoms with E-state index in [9.17, 15) is 13.2 Å². The molecule has 2 heterocycles. The molecule has 2 aromatic rings. The quantitative estimate of drug-likeness (QED) is 0.624. The summed E-state index contributed by atoms with van der Waals surface area (Å²) >= 11 is 0. The number of hydrogen-bond acceptors (Lipinski definition) is 7. The molecule has 1 aliphatic rings. The maximum Gasteiger partial charge on any atom is 0.263 e. The highest BCUT2D eigenvalue weighted by molar-refractivity contribution is 7.92. The first-order valence-corrected chi connectivity index (χ1v) is 10.0. The smallest absolute Gasteiger partial charge is 0.263 e. The Morgan fingerprint density at radius 3 is 2.71 bits per heavy atom. The topological polar surface area (TPSA) is 126 Å². The van der Waals surface area contributed by atoms with Crippen LogP contribution in [-0.4, -0.2) is 31.7 Å². The van der Waals surface area contributed by atoms with Crippen molar-refractivity contribution in [3.63, 3.8) is 0 Å². The zero-order valence-corrected chi connectivity index (χ0v) is 16.0. The number of anilines is 1. The molecule has 0 aliphatic carbocycles. The SMILES string of the molecule is C#CCCC1(CCNC(=O)c2cccc(S(=O)(=O)Nc3cc(C)on3)c2)N=N1. The Hall–Kier alpha value is -3.19. The van der Waals surface area contributed by atoms with E-state index < -0.39 is 15.7 Å². The van der Waals surface area contributed by atoms with Crippen LogP contribution >= 0.6 is 0 Å². The molecule has 1 amide bonds. The maximum absolute atomic E-state index is 12.5. The lowest BCUT2D eigenvalue weighted by atomic mass is 10.0. The normalized spacial score (nSPS) is 14.3. The number of amides is 1. The monoisotopic (exact) mass is 401 g/mol. The Morgan fingerprint density at radius 1 is 1.29 bits per heavy atom. The number of benzene rings is 1. The molecule has 0 saturated carbocycles. The lowest BCUT2D eigenvalue weighted by Gasteiger charge is -2.11. The van der Waals surface area contributed by atoms with Gasteiger partial charge in [0.25, 0.3) is 15.9 Å². The van der Waals surface area contributed by atoms with E-state index in [4.69, 9.17) is 10.9 Å². The average Bonchev–Trinajstić information content (AvgIpc) is 3.33. The molecular formula is C18H19N5O4S. The van der Waals surface area contributed by atoms with E-state index in [0.717, 1.165) is 0 Å². The number of nitrogens with zero attached hydrogens (tertiary/aromatic N) is 3. The van der Waals surface area contributed by atoms with Crippen LogP contribution in [0.25, 0.3) is 0 Å². The molecule has 10 heteroatoms. The van der Waals surface area contributed by atoms with Crippen LogP contribution < -0.4 is 10.0 Å². The summed E-state index contributed by atoms with van der Waals surface area (Å²) in [5.74, 6) is 2.70. The van der Waals surface area contributed by atoms with Crippen molar-refractivity contribution < 1.29 is 17.7 Å². The van der Waals surface area contributed by atoms with Crippen molar-refractivity contribution in [2.45, 2.75) is 36.7 Å². The number of rotatable bonds is 9. The number of nitrogens with one attached hydrogen (secondary N) is 2. The molecule has 0 unspecified atom stereocenters. The van der Waals surface area contributed by atoms with E-state index in [1.165, 1.54) is 30.3 Å². The van der Waals surface area contributed by atoms with E-state index >= 15 is 0 Å². The number of aromatic nitrogens is 1. The summed E-state index contributed by atoms with van der Waals surface area (Å²) in [4.78, 5) is 12.3. The van der Waals surface area contributed by atoms with E-state index in [1.54, 1.807) is 6.92 Å². The highest BCUT2D eigenvalue weighted by Crippen LogP contribution is 2.36. The molecule has 3 rings (SSSR count). The lowest BCUT2D eigenvalue weighted by Crippen LogP contribution is -2.28. The number of aryl methyl sites for hydroxylation is 1. The van der Waals surface area contributed by atoms with Gasteiger partial charge in [0.05, 0.1) is 4.90 Å². The zero-order chi connectivity index (χ0) is 20.2. The first-order chi connectivity index (χ1) is 13.3. The van der Waals surface area contributed by atoms with Gasteiger partial charge in [-0.25, -0.2) is 8.42 Å². The average molecular weight is 401 g/mol. The molecule has 9 nitrogen and oxygen atoms in total. The number of hydrogen-bond donors (Lipinski definition) is 2. The van der Waals surface area contributed by atoms with Crippen LogP contribution in [0.15, 0.2) is 50.0 Å². The van der Waals surface area contributed by atoms with Gasteiger partial charge in [0.1, 0.15) is 5.76 Å². The fourth-order valence-corrected chi connectivity index (χ4v) is 3.59. The predicted octanol–water partition coefficient (Wildman–Crippen LogP) is 2.48. The molecule has 1 aromatic heterocycles. The lowest BCUT2D eigenvalue weighted by molar-refractivity contribution is 0.0951. The summed E-state index contributed by atoms with van der Waals surface area (Å²) in [7, 11) is -3.90. The van der Waals surface area contributed by atoms with Crippen LogP contribution in [0.4, 0.5) is 5.82 Å². The Kier molecular flexibility index (Phi) is 5.46. The van der Waals surface area contributed by atoms with Crippen molar-refractivity contribution in [3.8, 4) is 12.3 Å². The Balaban J connectivity index is 1.61. The van der Waals surface area contributed by atoms with E-state index in [-0.39, 0.29) is 22.2 Å². The second-order valence-electron chi connectivity index (χ2n) is 6.35. The van der Waals surface area contributed by atoms with Crippen molar-refractivity contribution in [1.29, 1.82) is 0 Å². The predicted molar refractivity (Wildman–Crippen MR) is 101 cm³/mol. The van der Waals surface area contributed by atoms with Gasteiger partial charge in [0, 0.05) is 37.4 Å². The third kappa shape index (κ3) is 4.75. The van der Waals surface area contributed by atoms with Crippen LogP contribution in [-0.2, 0) is 10.0 Å². The highest BCUT2D eigenvalue weighted by atomic mass is 32.2. The van der Waals surface area contributed by atoms with Gasteiger partial charge in [-0.05, 0) is 25.1 Å². The molecule has 0 bridgehead atoms. The first kappa shape index (κ1) is 19.6. The van der Waals surface area contributed by atoms with Gasteiger partial charge < -0.3 is 9.84 Å². The molecule has 28 heavy (non-hydrogen) atoms. The fraction of sp³-hybridized carbons (Fsp3) is 0.333. The van der Waals surface area contributed by atoms with Crippen molar-refractivity contribution in [2.75, 3.05) is 11.3 Å². The standard InChI is InChI=1S/C18H19N5O4S/c1-3-4-8-18(22-23-18)9-10-19-17(24)14-6-5-7-15(12-14)28(25,26)21-16-11-13(2)27-20-16/h1,5-7,11-12H,4,8-10H2,2H3,(H,19,24)(H,20,21). The molecule has 1 aliphatic heterocycles. The molecule has 0 spiro atoms. The van der Waals surface area contributed by atoms with E-state index in [0.29, 0.717) is 31.6 Å². The van der Waals surface area contributed by atoms with E-state index in [1.807, 2.05) is 0 Å². The van der Waals surface area contributed by atoms with Crippen LogP contribution in [0.3, 0.4) is 0 Å². The molecule has 0 atom stereocenters. The highest BCUT2D eigenvalue weighted by Gasteiger charge is 2.38. The molecule has 0 fully saturated rings. The second-order valence-corrected chi connectivity index (χ2v) is 8.03. The molecule has 2 N–H and O–H groups in total. The van der Waals surface area contributed by atoms with Crippen LogP contribution in [0.5, 0.6) is 0 Å². The van der Waals surface area contributed by atoms with Gasteiger partial charge in [-0.3, -0.25) is 9.52 Å². The van der Waals surface area contributed by atoms with E-state index in [2.05, 4.69) is 31.3 Å². The van der Waals surface area contributed by atoms with Gasteiger partial charge >= 0.3 is 0 Å². The van der Waals surface area contributed by atoms with Gasteiger partial charge in [0.2, 0.25) is 0 Å². The third-order valence-corrected chi connectivity index (χ3v) is 5.49. The minimum absolute atomic E-state index is 0.0570. The van der Waals surface area contributed by atoms with Gasteiger partial charge in [-0.1, -0.05) is 11.2 Å². The van der Waals surface area contributed by atoms with Crippen LogP contribution in [0.1, 0.15) is 35.4 Å². The van der Waals surface area contributed by atoms with Crippen molar-refractivity contribution in [2.24, 2.45) is 10.2 Å². The van der Waals surface area contributed by atoms with Crippen LogP contribution in [0, 0.1) is 19.3 Å². The summed E-state index contributed by atoms with van der Waals surface area (Å²) in [6.07, 6.45) is 7.02. The number of carbonyl (C=O) groups is 1. The summed E-state index contributed by atoms with van der Waals surface area (Å²) in [6.45, 7) is 2.00. The van der Waals surface area contributed by atoms with Crippen molar-refractivity contribution in [1.82, 2.24) is 10.5 Å². The minimum Gasteiger partial charge on any atom is -0.360 e. The minimum atomic E-state index is -3.90. The molecular weight excluding hydrogens is 382 g/mol. The summed E-state index contributed by atoms with van der Waals surface area (Å²) in [5.41, 5.74) is -0.258. The summed E-state index contributed by atoms with van der Waals surface area (Å²) < 4.78 is 32.1. The molecule has 0 saturated heterocycles. The summed E-state index contributed by atoms with van der Waals surface area (Å²) in [6, 6.07) is 7.18. The van der Waals surface area contributed by atoms with Gasteiger partial charge in [-0.15, -0.1) is 12.3 Å². The van der Waals surface area contributed by atoms with Crippen molar-refractivity contribution in [3.05, 3.63) is 41.7 Å². The number of carbonyl (C=O) groups excluding carboxylic acids is 1. The summed E-state index contributed by atoms with van der Waals surface area (Å²) in [5, 5.41) is 14.4. The first-order valence-electron chi connectivity index (χ1n) is 8.55. The maximum atomic E-state index is 12.5. The Bertz CT molecular complexity index is 1050. The van der Waals surface area contributed by atoms with Crippen molar-refractivity contribution >= 4 is 21.7 Å². The third-order valence-electron chi connectivity index (χ3n) is 4.14. The number of sulfonamides is 1. The zero-order valence-electron chi connectivity index (χ0n) is 15.2. The second kappa shape index (κ2) is 7.82. The van der Waals surface area contributed by atoms with Gasteiger partial charge in [-0.2, -0.15) is 10.2 Å². The molecule has 1 aromatic carbocycles. The Morgan fingerprint density at radius 2 is 2.07 bits per heavy atom.